The Kier molecular flexibility index (Phi) is 5.06. The van der Waals surface area contributed by atoms with Gasteiger partial charge in [-0.3, -0.25) is 4.79 Å². The van der Waals surface area contributed by atoms with Crippen LogP contribution in [-0.2, 0) is 4.79 Å². The van der Waals surface area contributed by atoms with E-state index in [2.05, 4.69) is 30.8 Å². The summed E-state index contributed by atoms with van der Waals surface area (Å²) in [5.74, 6) is 1.91. The van der Waals surface area contributed by atoms with Gasteiger partial charge in [0, 0.05) is 52.4 Å². The van der Waals surface area contributed by atoms with E-state index in [1.807, 2.05) is 11.1 Å². The molecule has 1 N–H and O–H groups in total. The van der Waals surface area contributed by atoms with Gasteiger partial charge in [-0.05, 0) is 37.8 Å². The van der Waals surface area contributed by atoms with Gasteiger partial charge in [0.15, 0.2) is 0 Å². The van der Waals surface area contributed by atoms with Crippen LogP contribution in [0.1, 0.15) is 26.2 Å². The first-order chi connectivity index (χ1) is 12.7. The molecule has 0 bridgehead atoms. The number of nitrogens with zero attached hydrogens (tertiary/aromatic N) is 5. The number of hydrogen-bond donors (Lipinski definition) is 1. The summed E-state index contributed by atoms with van der Waals surface area (Å²) < 4.78 is 0. The number of aromatic nitrogens is 3. The molecule has 0 radical (unpaired) electrons. The third-order valence-electron chi connectivity index (χ3n) is 5.70. The molecule has 1 amide bonds. The minimum atomic E-state index is 0.204. The van der Waals surface area contributed by atoms with Crippen LogP contribution in [0.15, 0.2) is 18.6 Å². The van der Waals surface area contributed by atoms with E-state index >= 15 is 0 Å². The number of amides is 1. The highest BCUT2D eigenvalue weighted by atomic mass is 16.2. The zero-order chi connectivity index (χ0) is 17.9. The van der Waals surface area contributed by atoms with E-state index in [9.17, 15) is 4.79 Å². The van der Waals surface area contributed by atoms with Crippen molar-refractivity contribution in [3.8, 4) is 0 Å². The fourth-order valence-corrected chi connectivity index (χ4v) is 4.35. The highest BCUT2D eigenvalue weighted by Gasteiger charge is 2.25. The van der Waals surface area contributed by atoms with Crippen molar-refractivity contribution < 1.29 is 4.79 Å². The SMILES string of the molecule is CC(=O)N1CCCN(CC2CCCN(c3ncnc4[nH]ccc34)C2)CC1. The van der Waals surface area contributed by atoms with Crippen molar-refractivity contribution in [3.05, 3.63) is 18.6 Å². The van der Waals surface area contributed by atoms with E-state index in [-0.39, 0.29) is 5.91 Å². The summed E-state index contributed by atoms with van der Waals surface area (Å²) in [5, 5.41) is 1.11. The normalized spacial score (nSPS) is 22.6. The van der Waals surface area contributed by atoms with Crippen LogP contribution in [0.3, 0.4) is 0 Å². The Labute approximate surface area is 154 Å². The van der Waals surface area contributed by atoms with Crippen LogP contribution >= 0.6 is 0 Å². The molecule has 7 heteroatoms. The molecule has 7 nitrogen and oxygen atoms in total. The van der Waals surface area contributed by atoms with Gasteiger partial charge in [-0.15, -0.1) is 0 Å². The lowest BCUT2D eigenvalue weighted by molar-refractivity contribution is -0.128. The fourth-order valence-electron chi connectivity index (χ4n) is 4.35. The third kappa shape index (κ3) is 3.67. The van der Waals surface area contributed by atoms with Gasteiger partial charge < -0.3 is 19.7 Å². The molecule has 2 aromatic rings. The molecule has 1 atom stereocenters. The first-order valence-electron chi connectivity index (χ1n) is 9.71. The van der Waals surface area contributed by atoms with E-state index in [1.165, 1.54) is 12.8 Å². The fraction of sp³-hybridized carbons (Fsp3) is 0.632. The third-order valence-corrected chi connectivity index (χ3v) is 5.70. The van der Waals surface area contributed by atoms with Crippen molar-refractivity contribution in [2.24, 2.45) is 5.92 Å². The molecule has 0 aromatic carbocycles. The lowest BCUT2D eigenvalue weighted by atomic mass is 9.97. The van der Waals surface area contributed by atoms with Crippen molar-refractivity contribution in [3.63, 3.8) is 0 Å². The first-order valence-corrected chi connectivity index (χ1v) is 9.71. The Balaban J connectivity index is 1.39. The van der Waals surface area contributed by atoms with Gasteiger partial charge in [0.1, 0.15) is 17.8 Å². The second kappa shape index (κ2) is 7.61. The van der Waals surface area contributed by atoms with Gasteiger partial charge in [0.05, 0.1) is 5.39 Å². The maximum atomic E-state index is 11.6. The Morgan fingerprint density at radius 2 is 2.12 bits per heavy atom. The van der Waals surface area contributed by atoms with Crippen molar-refractivity contribution in [2.45, 2.75) is 26.2 Å². The molecule has 1 unspecified atom stereocenters. The summed E-state index contributed by atoms with van der Waals surface area (Å²) in [5.41, 5.74) is 0.911. The van der Waals surface area contributed by atoms with Gasteiger partial charge in [-0.2, -0.15) is 0 Å². The predicted molar refractivity (Wildman–Crippen MR) is 102 cm³/mol. The summed E-state index contributed by atoms with van der Waals surface area (Å²) in [7, 11) is 0. The van der Waals surface area contributed by atoms with Gasteiger partial charge >= 0.3 is 0 Å². The van der Waals surface area contributed by atoms with Gasteiger partial charge in [0.2, 0.25) is 5.91 Å². The molecule has 0 saturated carbocycles. The Morgan fingerprint density at radius 1 is 1.19 bits per heavy atom. The first kappa shape index (κ1) is 17.3. The molecule has 2 aromatic heterocycles. The number of rotatable bonds is 3. The second-order valence-electron chi connectivity index (χ2n) is 7.55. The zero-order valence-corrected chi connectivity index (χ0v) is 15.5. The molecule has 0 aliphatic carbocycles. The molecular weight excluding hydrogens is 328 g/mol. The molecule has 0 spiro atoms. The molecule has 2 fully saturated rings. The zero-order valence-electron chi connectivity index (χ0n) is 15.5. The highest BCUT2D eigenvalue weighted by Crippen LogP contribution is 2.27. The molecule has 2 aliphatic heterocycles. The maximum Gasteiger partial charge on any atom is 0.219 e. The number of fused-ring (bicyclic) bond motifs is 1. The van der Waals surface area contributed by atoms with Crippen molar-refractivity contribution in [2.75, 3.05) is 50.7 Å². The number of carbonyl (C=O) groups excluding carboxylic acids is 1. The lowest BCUT2D eigenvalue weighted by Crippen LogP contribution is -2.42. The van der Waals surface area contributed by atoms with E-state index in [0.717, 1.165) is 69.1 Å². The van der Waals surface area contributed by atoms with Crippen LogP contribution in [-0.4, -0.2) is 76.5 Å². The highest BCUT2D eigenvalue weighted by molar-refractivity contribution is 5.87. The number of carbonyl (C=O) groups is 1. The number of anilines is 1. The van der Waals surface area contributed by atoms with Crippen molar-refractivity contribution in [1.82, 2.24) is 24.8 Å². The number of nitrogens with one attached hydrogen (secondary N) is 1. The number of piperidine rings is 1. The monoisotopic (exact) mass is 356 g/mol. The summed E-state index contributed by atoms with van der Waals surface area (Å²) in [6, 6.07) is 2.07. The molecule has 2 saturated heterocycles. The molecule has 2 aliphatic rings. The summed E-state index contributed by atoms with van der Waals surface area (Å²) in [4.78, 5) is 30.6. The minimum absolute atomic E-state index is 0.204. The lowest BCUT2D eigenvalue weighted by Gasteiger charge is -2.36. The van der Waals surface area contributed by atoms with Crippen LogP contribution in [0.25, 0.3) is 11.0 Å². The summed E-state index contributed by atoms with van der Waals surface area (Å²) >= 11 is 0. The second-order valence-corrected chi connectivity index (χ2v) is 7.55. The van der Waals surface area contributed by atoms with Crippen molar-refractivity contribution in [1.29, 1.82) is 0 Å². The number of H-pyrrole nitrogens is 1. The van der Waals surface area contributed by atoms with Crippen LogP contribution in [0, 0.1) is 5.92 Å². The minimum Gasteiger partial charge on any atom is -0.356 e. The van der Waals surface area contributed by atoms with Crippen LogP contribution < -0.4 is 4.90 Å². The molecule has 140 valence electrons. The smallest absolute Gasteiger partial charge is 0.219 e. The van der Waals surface area contributed by atoms with Crippen molar-refractivity contribution >= 4 is 22.8 Å². The van der Waals surface area contributed by atoms with E-state index in [4.69, 9.17) is 0 Å². The van der Waals surface area contributed by atoms with Gasteiger partial charge in [-0.25, -0.2) is 9.97 Å². The van der Waals surface area contributed by atoms with Crippen LogP contribution in [0.5, 0.6) is 0 Å². The molecule has 26 heavy (non-hydrogen) atoms. The number of hydrogen-bond acceptors (Lipinski definition) is 5. The topological polar surface area (TPSA) is 68.4 Å². The largest absolute Gasteiger partial charge is 0.356 e. The van der Waals surface area contributed by atoms with Crippen LogP contribution in [0.4, 0.5) is 5.82 Å². The average Bonchev–Trinajstić information content (AvgIpc) is 3.01. The molecule has 4 rings (SSSR count). The van der Waals surface area contributed by atoms with E-state index in [1.54, 1.807) is 13.3 Å². The molecular formula is C19H28N6O. The standard InChI is InChI=1S/C19H28N6O/c1-15(26)24-9-3-7-23(10-11-24)12-16-4-2-8-25(13-16)19-17-5-6-20-18(17)21-14-22-19/h5-6,14,16H,2-4,7-13H2,1H3,(H,20,21,22). The van der Waals surface area contributed by atoms with Gasteiger partial charge in [-0.1, -0.05) is 0 Å². The Bertz CT molecular complexity index is 759. The predicted octanol–water partition coefficient (Wildman–Crippen LogP) is 1.73. The Hall–Kier alpha value is -2.15. The van der Waals surface area contributed by atoms with Crippen LogP contribution in [0.2, 0.25) is 0 Å². The average molecular weight is 356 g/mol. The van der Waals surface area contributed by atoms with E-state index < -0.39 is 0 Å². The molecule has 4 heterocycles. The van der Waals surface area contributed by atoms with E-state index in [0.29, 0.717) is 5.92 Å². The summed E-state index contributed by atoms with van der Waals surface area (Å²) in [6.07, 6.45) is 7.13. The summed E-state index contributed by atoms with van der Waals surface area (Å²) in [6.45, 7) is 8.75. The quantitative estimate of drug-likeness (QED) is 0.907. The maximum absolute atomic E-state index is 11.6. The van der Waals surface area contributed by atoms with Gasteiger partial charge in [0.25, 0.3) is 0 Å². The number of aromatic amines is 1. The Morgan fingerprint density at radius 3 is 3.00 bits per heavy atom.